The third-order valence-corrected chi connectivity index (χ3v) is 9.75. The SMILES string of the molecule is CCCCCCC/C=C/CCCCCCCCCCCCCC[N+](CCC(C)C(=O)[O-])(CCC(C)C(=O)O)CCC(C)C(=O)O. The molecule has 3 atom stereocenters. The summed E-state index contributed by atoms with van der Waals surface area (Å²) in [5, 5.41) is 30.3. The molecule has 0 heterocycles. The highest BCUT2D eigenvalue weighted by Gasteiger charge is 2.30. The maximum Gasteiger partial charge on any atom is 0.306 e. The van der Waals surface area contributed by atoms with Crippen molar-refractivity contribution in [3.8, 4) is 0 Å². The number of carboxylic acid groups (broad SMARTS) is 3. The number of aliphatic carboxylic acids is 3. The molecule has 0 aliphatic heterocycles. The minimum Gasteiger partial charge on any atom is -0.550 e. The Hall–Kier alpha value is -1.89. The molecule has 7 nitrogen and oxygen atoms in total. The van der Waals surface area contributed by atoms with Crippen molar-refractivity contribution < 1.29 is 34.2 Å². The zero-order chi connectivity index (χ0) is 33.8. The third kappa shape index (κ3) is 24.9. The molecule has 0 radical (unpaired) electrons. The fourth-order valence-electron chi connectivity index (χ4n) is 6.02. The number of quaternary nitrogens is 1. The number of hydrogen-bond acceptors (Lipinski definition) is 4. The van der Waals surface area contributed by atoms with Gasteiger partial charge in [-0.2, -0.15) is 0 Å². The second-order valence-corrected chi connectivity index (χ2v) is 14.0. The molecular formula is C38H71NO6. The molecule has 0 aliphatic carbocycles. The summed E-state index contributed by atoms with van der Waals surface area (Å²) in [6.07, 6.45) is 30.5. The Kier molecular flexibility index (Phi) is 27.2. The van der Waals surface area contributed by atoms with Gasteiger partial charge in [0.15, 0.2) is 0 Å². The highest BCUT2D eigenvalue weighted by atomic mass is 16.4. The van der Waals surface area contributed by atoms with Crippen LogP contribution >= 0.6 is 0 Å². The molecule has 0 aromatic carbocycles. The van der Waals surface area contributed by atoms with Crippen molar-refractivity contribution in [3.05, 3.63) is 12.2 Å². The van der Waals surface area contributed by atoms with E-state index in [1.165, 1.54) is 109 Å². The molecule has 0 saturated heterocycles. The summed E-state index contributed by atoms with van der Waals surface area (Å²) in [6, 6.07) is 0. The van der Waals surface area contributed by atoms with Crippen molar-refractivity contribution >= 4 is 17.9 Å². The minimum absolute atomic E-state index is 0.446. The Morgan fingerprint density at radius 2 is 0.867 bits per heavy atom. The molecule has 3 unspecified atom stereocenters. The van der Waals surface area contributed by atoms with E-state index in [0.29, 0.717) is 43.4 Å². The first-order chi connectivity index (χ1) is 21.5. The van der Waals surface area contributed by atoms with Crippen molar-refractivity contribution in [1.29, 1.82) is 0 Å². The molecule has 0 bridgehead atoms. The number of carbonyl (C=O) groups excluding carboxylic acids is 1. The quantitative estimate of drug-likeness (QED) is 0.0422. The Balaban J connectivity index is 4.34. The van der Waals surface area contributed by atoms with Gasteiger partial charge in [-0.3, -0.25) is 9.59 Å². The van der Waals surface area contributed by atoms with Gasteiger partial charge >= 0.3 is 11.9 Å². The molecule has 2 N–H and O–H groups in total. The Labute approximate surface area is 276 Å². The van der Waals surface area contributed by atoms with E-state index in [1.54, 1.807) is 20.8 Å². The average Bonchev–Trinajstić information content (AvgIpc) is 3.01. The number of hydrogen-bond donors (Lipinski definition) is 2. The predicted octanol–water partition coefficient (Wildman–Crippen LogP) is 8.79. The molecule has 0 fully saturated rings. The van der Waals surface area contributed by atoms with Crippen LogP contribution in [0.2, 0.25) is 0 Å². The van der Waals surface area contributed by atoms with Crippen LogP contribution in [-0.2, 0) is 14.4 Å². The molecular weight excluding hydrogens is 566 g/mol. The molecule has 0 aromatic rings. The molecule has 7 heteroatoms. The van der Waals surface area contributed by atoms with Crippen LogP contribution in [0.15, 0.2) is 12.2 Å². The van der Waals surface area contributed by atoms with Crippen molar-refractivity contribution in [2.24, 2.45) is 17.8 Å². The van der Waals surface area contributed by atoms with Crippen LogP contribution in [-0.4, -0.2) is 58.8 Å². The van der Waals surface area contributed by atoms with Gasteiger partial charge in [0.1, 0.15) is 0 Å². The van der Waals surface area contributed by atoms with Gasteiger partial charge in [-0.15, -0.1) is 0 Å². The summed E-state index contributed by atoms with van der Waals surface area (Å²) in [5.41, 5.74) is 0. The molecule has 0 aliphatic rings. The van der Waals surface area contributed by atoms with Crippen molar-refractivity contribution in [1.82, 2.24) is 0 Å². The zero-order valence-corrected chi connectivity index (χ0v) is 29.7. The molecule has 0 amide bonds. The smallest absolute Gasteiger partial charge is 0.306 e. The molecule has 0 spiro atoms. The summed E-state index contributed by atoms with van der Waals surface area (Å²) in [5.74, 6) is -4.31. The zero-order valence-electron chi connectivity index (χ0n) is 29.7. The van der Waals surface area contributed by atoms with E-state index < -0.39 is 35.7 Å². The third-order valence-electron chi connectivity index (χ3n) is 9.75. The molecule has 0 rings (SSSR count). The first kappa shape index (κ1) is 43.1. The van der Waals surface area contributed by atoms with Crippen LogP contribution in [0.25, 0.3) is 0 Å². The van der Waals surface area contributed by atoms with E-state index in [-0.39, 0.29) is 0 Å². The van der Waals surface area contributed by atoms with E-state index in [1.807, 2.05) is 0 Å². The van der Waals surface area contributed by atoms with Crippen LogP contribution < -0.4 is 5.11 Å². The van der Waals surface area contributed by atoms with E-state index in [4.69, 9.17) is 0 Å². The number of nitrogens with zero attached hydrogens (tertiary/aromatic N) is 1. The summed E-state index contributed by atoms with van der Waals surface area (Å²) in [4.78, 5) is 34.4. The van der Waals surface area contributed by atoms with E-state index >= 15 is 0 Å². The number of unbranched alkanes of at least 4 members (excludes halogenated alkanes) is 17. The van der Waals surface area contributed by atoms with Crippen LogP contribution in [0.1, 0.15) is 169 Å². The van der Waals surface area contributed by atoms with Crippen LogP contribution in [0.4, 0.5) is 0 Å². The molecule has 0 aromatic heterocycles. The van der Waals surface area contributed by atoms with Gasteiger partial charge in [0.2, 0.25) is 0 Å². The normalized spacial score (nSPS) is 15.1. The van der Waals surface area contributed by atoms with Gasteiger partial charge in [-0.25, -0.2) is 0 Å². The maximum absolute atomic E-state index is 11.5. The highest BCUT2D eigenvalue weighted by molar-refractivity contribution is 5.69. The largest absolute Gasteiger partial charge is 0.550 e. The van der Waals surface area contributed by atoms with Gasteiger partial charge in [0, 0.05) is 31.1 Å². The van der Waals surface area contributed by atoms with Crippen LogP contribution in [0.3, 0.4) is 0 Å². The lowest BCUT2D eigenvalue weighted by molar-refractivity contribution is -0.929. The highest BCUT2D eigenvalue weighted by Crippen LogP contribution is 2.22. The average molecular weight is 638 g/mol. The lowest BCUT2D eigenvalue weighted by atomic mass is 10.0. The lowest BCUT2D eigenvalue weighted by Gasteiger charge is -2.41. The summed E-state index contributed by atoms with van der Waals surface area (Å²) in [7, 11) is 0. The molecule has 45 heavy (non-hydrogen) atoms. The second kappa shape index (κ2) is 28.3. The second-order valence-electron chi connectivity index (χ2n) is 14.0. The monoisotopic (exact) mass is 638 g/mol. The first-order valence-electron chi connectivity index (χ1n) is 18.7. The van der Waals surface area contributed by atoms with Gasteiger partial charge in [0.25, 0.3) is 0 Å². The van der Waals surface area contributed by atoms with Crippen LogP contribution in [0.5, 0.6) is 0 Å². The van der Waals surface area contributed by atoms with Crippen molar-refractivity contribution in [3.63, 3.8) is 0 Å². The van der Waals surface area contributed by atoms with Gasteiger partial charge in [-0.1, -0.05) is 123 Å². The fraction of sp³-hybridized carbons (Fsp3) is 0.868. The topological polar surface area (TPSA) is 115 Å². The Bertz CT molecular complexity index is 722. The van der Waals surface area contributed by atoms with E-state index in [0.717, 1.165) is 19.4 Å². The minimum atomic E-state index is -1.07. The van der Waals surface area contributed by atoms with Crippen LogP contribution in [0, 0.1) is 17.8 Å². The Morgan fingerprint density at radius 1 is 0.533 bits per heavy atom. The maximum atomic E-state index is 11.5. The van der Waals surface area contributed by atoms with Gasteiger partial charge < -0.3 is 24.6 Å². The standard InChI is InChI=1S/C38H71NO6/c1-5-6-7-8-9-10-11-12-13-14-15-16-17-18-19-20-21-22-23-24-25-29-39(30-26-33(2)36(40)41,31-27-34(3)37(42)43)32-28-35(4)38(44)45/h11-12,33-35H,5-10,13-32H2,1-4H3,(H2-,40,41,42,43,44,45)/b12-11+. The first-order valence-corrected chi connectivity index (χ1v) is 18.7. The number of rotatable bonds is 33. The van der Waals surface area contributed by atoms with Crippen molar-refractivity contribution in [2.45, 2.75) is 169 Å². The number of carbonyl (C=O) groups is 3. The van der Waals surface area contributed by atoms with Crippen molar-refractivity contribution in [2.75, 3.05) is 26.2 Å². The number of carboxylic acids is 3. The lowest BCUT2D eigenvalue weighted by Crippen LogP contribution is -2.52. The van der Waals surface area contributed by atoms with E-state index in [2.05, 4.69) is 19.1 Å². The fourth-order valence-corrected chi connectivity index (χ4v) is 6.02. The predicted molar refractivity (Wildman–Crippen MR) is 184 cm³/mol. The Morgan fingerprint density at radius 3 is 1.22 bits per heavy atom. The summed E-state index contributed by atoms with van der Waals surface area (Å²) < 4.78 is 0.586. The van der Waals surface area contributed by atoms with Gasteiger partial charge in [-0.05, 0) is 38.5 Å². The molecule has 0 saturated carbocycles. The van der Waals surface area contributed by atoms with Gasteiger partial charge in [0.05, 0.1) is 38.0 Å². The summed E-state index contributed by atoms with van der Waals surface area (Å²) in [6.45, 7) is 10.00. The number of allylic oxidation sites excluding steroid dienone is 2. The van der Waals surface area contributed by atoms with E-state index in [9.17, 15) is 29.7 Å². The molecule has 264 valence electrons. The summed E-state index contributed by atoms with van der Waals surface area (Å²) >= 11 is 0.